The summed E-state index contributed by atoms with van der Waals surface area (Å²) >= 11 is 0. The lowest BCUT2D eigenvalue weighted by molar-refractivity contribution is -0.150. The van der Waals surface area contributed by atoms with Crippen LogP contribution in [0.3, 0.4) is 0 Å². The first kappa shape index (κ1) is 20.6. The van der Waals surface area contributed by atoms with Gasteiger partial charge in [-0.2, -0.15) is 0 Å². The summed E-state index contributed by atoms with van der Waals surface area (Å²) in [5, 5.41) is 2.90. The zero-order chi connectivity index (χ0) is 19.5. The van der Waals surface area contributed by atoms with Gasteiger partial charge in [0.15, 0.2) is 8.32 Å². The lowest BCUT2D eigenvalue weighted by atomic mass is 9.84. The largest absolute Gasteiger partial charge is 0.461 e. The van der Waals surface area contributed by atoms with Crippen molar-refractivity contribution >= 4 is 20.2 Å². The van der Waals surface area contributed by atoms with Gasteiger partial charge in [-0.25, -0.2) is 0 Å². The lowest BCUT2D eigenvalue weighted by Gasteiger charge is -2.45. The van der Waals surface area contributed by atoms with Crippen LogP contribution >= 0.6 is 0 Å². The Morgan fingerprint density at radius 1 is 1.23 bits per heavy atom. The average molecular weight is 378 g/mol. The van der Waals surface area contributed by atoms with Crippen LogP contribution in [0.25, 0.3) is 0 Å². The minimum Gasteiger partial charge on any atom is -0.461 e. The molecule has 1 aliphatic heterocycles. The van der Waals surface area contributed by atoms with E-state index in [1.807, 2.05) is 37.3 Å². The normalized spacial score (nSPS) is 21.5. The molecule has 1 saturated heterocycles. The lowest BCUT2D eigenvalue weighted by Crippen LogP contribution is -2.64. The van der Waals surface area contributed by atoms with E-state index in [1.54, 1.807) is 0 Å². The summed E-state index contributed by atoms with van der Waals surface area (Å²) in [5.74, 6) is -0.645. The molecule has 1 aliphatic rings. The standard InChI is InChI=1S/C20H31NO4Si/c1-14(25-26(5,6)20(2,3)4)18-16(21-19(18)23)12-17(22)24-13-15-10-8-7-9-11-15/h7-11,14,16,18H,12-13H2,1-6H3,(H,21,23)/t14-,16-,18-/m1/s1. The van der Waals surface area contributed by atoms with E-state index in [0.29, 0.717) is 0 Å². The summed E-state index contributed by atoms with van der Waals surface area (Å²) in [6.07, 6.45) is -0.0365. The number of amides is 1. The number of β-lactam (4-membered cyclic amide) rings is 1. The second kappa shape index (κ2) is 7.92. The third-order valence-electron chi connectivity index (χ3n) is 5.49. The number of rotatable bonds is 7. The van der Waals surface area contributed by atoms with Crippen molar-refractivity contribution in [3.8, 4) is 0 Å². The Morgan fingerprint density at radius 3 is 2.38 bits per heavy atom. The van der Waals surface area contributed by atoms with Gasteiger partial charge in [-0.15, -0.1) is 0 Å². The Bertz CT molecular complexity index is 639. The van der Waals surface area contributed by atoms with Gasteiger partial charge < -0.3 is 14.5 Å². The van der Waals surface area contributed by atoms with Crippen molar-refractivity contribution < 1.29 is 18.8 Å². The van der Waals surface area contributed by atoms with Gasteiger partial charge in [-0.1, -0.05) is 51.1 Å². The SMILES string of the molecule is C[C@@H](O[Si](C)(C)C(C)(C)C)[C@H]1C(=O)N[C@@H]1CC(=O)OCc1ccccc1. The van der Waals surface area contributed by atoms with Crippen molar-refractivity contribution in [3.05, 3.63) is 35.9 Å². The molecule has 5 nitrogen and oxygen atoms in total. The molecule has 26 heavy (non-hydrogen) atoms. The Balaban J connectivity index is 1.88. The first-order valence-corrected chi connectivity index (χ1v) is 12.1. The number of benzene rings is 1. The summed E-state index contributed by atoms with van der Waals surface area (Å²) < 4.78 is 11.7. The van der Waals surface area contributed by atoms with Crippen LogP contribution < -0.4 is 5.32 Å². The fourth-order valence-electron chi connectivity index (χ4n) is 2.86. The molecule has 6 heteroatoms. The molecule has 0 saturated carbocycles. The maximum atomic E-state index is 12.1. The monoisotopic (exact) mass is 377 g/mol. The van der Waals surface area contributed by atoms with Gasteiger partial charge >= 0.3 is 5.97 Å². The number of nitrogens with one attached hydrogen (secondary N) is 1. The third-order valence-corrected chi connectivity index (χ3v) is 10.1. The molecule has 3 atom stereocenters. The number of esters is 1. The first-order valence-electron chi connectivity index (χ1n) is 9.19. The van der Waals surface area contributed by atoms with Crippen molar-refractivity contribution in [2.45, 2.75) is 71.0 Å². The van der Waals surface area contributed by atoms with E-state index in [4.69, 9.17) is 9.16 Å². The maximum Gasteiger partial charge on any atom is 0.308 e. The summed E-state index contributed by atoms with van der Waals surface area (Å²) in [6, 6.07) is 9.35. The molecule has 0 aromatic heterocycles. The topological polar surface area (TPSA) is 64.6 Å². The van der Waals surface area contributed by atoms with Crippen LogP contribution in [0.5, 0.6) is 0 Å². The number of ether oxygens (including phenoxy) is 1. The molecule has 1 heterocycles. The molecule has 1 aromatic carbocycles. The molecule has 1 amide bonds. The molecule has 1 aromatic rings. The molecule has 0 bridgehead atoms. The van der Waals surface area contributed by atoms with Gasteiger partial charge in [0.25, 0.3) is 0 Å². The Hall–Kier alpha value is -1.66. The highest BCUT2D eigenvalue weighted by Crippen LogP contribution is 2.39. The highest BCUT2D eigenvalue weighted by molar-refractivity contribution is 6.74. The Labute approximate surface area is 157 Å². The van der Waals surface area contributed by atoms with Gasteiger partial charge in [0.05, 0.1) is 24.5 Å². The van der Waals surface area contributed by atoms with Crippen LogP contribution in [0, 0.1) is 5.92 Å². The summed E-state index contributed by atoms with van der Waals surface area (Å²) in [5.41, 5.74) is 0.949. The quantitative estimate of drug-likeness (QED) is 0.447. The average Bonchev–Trinajstić information content (AvgIpc) is 2.51. The molecule has 1 fully saturated rings. The van der Waals surface area contributed by atoms with Crippen LogP contribution in [-0.2, 0) is 25.4 Å². The molecule has 2 rings (SSSR count). The van der Waals surface area contributed by atoms with Crippen molar-refractivity contribution in [1.82, 2.24) is 5.32 Å². The highest BCUT2D eigenvalue weighted by atomic mass is 28.4. The summed E-state index contributed by atoms with van der Waals surface area (Å²) in [4.78, 5) is 24.2. The van der Waals surface area contributed by atoms with E-state index in [1.165, 1.54) is 0 Å². The van der Waals surface area contributed by atoms with Crippen molar-refractivity contribution in [2.75, 3.05) is 0 Å². The van der Waals surface area contributed by atoms with Gasteiger partial charge in [0, 0.05) is 0 Å². The van der Waals surface area contributed by atoms with Gasteiger partial charge in [0.1, 0.15) is 6.61 Å². The van der Waals surface area contributed by atoms with Crippen LogP contribution in [0.4, 0.5) is 0 Å². The zero-order valence-corrected chi connectivity index (χ0v) is 17.7. The van der Waals surface area contributed by atoms with Gasteiger partial charge in [-0.05, 0) is 30.6 Å². The zero-order valence-electron chi connectivity index (χ0n) is 16.7. The molecule has 0 radical (unpaired) electrons. The van der Waals surface area contributed by atoms with E-state index in [2.05, 4.69) is 39.2 Å². The van der Waals surface area contributed by atoms with Crippen LogP contribution in [0.15, 0.2) is 30.3 Å². The minimum atomic E-state index is -1.97. The van der Waals surface area contributed by atoms with Gasteiger partial charge in [0.2, 0.25) is 5.91 Å². The smallest absolute Gasteiger partial charge is 0.308 e. The third kappa shape index (κ3) is 4.95. The van der Waals surface area contributed by atoms with E-state index >= 15 is 0 Å². The van der Waals surface area contributed by atoms with Crippen molar-refractivity contribution in [2.24, 2.45) is 5.92 Å². The second-order valence-corrected chi connectivity index (χ2v) is 13.3. The molecular formula is C20H31NO4Si. The van der Waals surface area contributed by atoms with E-state index < -0.39 is 8.32 Å². The maximum absolute atomic E-state index is 12.1. The van der Waals surface area contributed by atoms with Crippen LogP contribution in [-0.4, -0.2) is 32.3 Å². The number of hydrogen-bond donors (Lipinski definition) is 1. The molecule has 0 unspecified atom stereocenters. The number of carbonyl (C=O) groups excluding carboxylic acids is 2. The number of carbonyl (C=O) groups is 2. The second-order valence-electron chi connectivity index (χ2n) is 8.57. The Kier molecular flexibility index (Phi) is 6.29. The Morgan fingerprint density at radius 2 is 1.85 bits per heavy atom. The fourth-order valence-corrected chi connectivity index (χ4v) is 4.29. The van der Waals surface area contributed by atoms with Crippen LogP contribution in [0.1, 0.15) is 39.7 Å². The molecule has 1 N–H and O–H groups in total. The van der Waals surface area contributed by atoms with Crippen molar-refractivity contribution in [3.63, 3.8) is 0 Å². The predicted octanol–water partition coefficient (Wildman–Crippen LogP) is 3.64. The molecule has 0 aliphatic carbocycles. The van der Waals surface area contributed by atoms with Crippen LogP contribution in [0.2, 0.25) is 18.1 Å². The first-order chi connectivity index (χ1) is 12.0. The molecule has 144 valence electrons. The minimum absolute atomic E-state index is 0.0444. The van der Waals surface area contributed by atoms with Crippen molar-refractivity contribution in [1.29, 1.82) is 0 Å². The highest BCUT2D eigenvalue weighted by Gasteiger charge is 2.48. The van der Waals surface area contributed by atoms with Gasteiger partial charge in [-0.3, -0.25) is 9.59 Å². The predicted molar refractivity (Wildman–Crippen MR) is 104 cm³/mol. The summed E-state index contributed by atoms with van der Waals surface area (Å²) in [6.45, 7) is 13.0. The number of hydrogen-bond acceptors (Lipinski definition) is 4. The van der Waals surface area contributed by atoms with E-state index in [0.717, 1.165) is 5.56 Å². The molecular weight excluding hydrogens is 346 g/mol. The fraction of sp³-hybridized carbons (Fsp3) is 0.600. The van der Waals surface area contributed by atoms with E-state index in [-0.39, 0.29) is 48.0 Å². The van der Waals surface area contributed by atoms with E-state index in [9.17, 15) is 9.59 Å². The summed E-state index contributed by atoms with van der Waals surface area (Å²) in [7, 11) is -1.97. The molecule has 0 spiro atoms.